The van der Waals surface area contributed by atoms with E-state index in [0.29, 0.717) is 18.8 Å². The maximum absolute atomic E-state index is 11.4. The van der Waals surface area contributed by atoms with Crippen LogP contribution in [0.2, 0.25) is 0 Å². The summed E-state index contributed by atoms with van der Waals surface area (Å²) < 4.78 is 4.60. The first-order valence-corrected chi connectivity index (χ1v) is 5.44. The highest BCUT2D eigenvalue weighted by Crippen LogP contribution is 2.22. The Bertz CT molecular complexity index is 240. The van der Waals surface area contributed by atoms with Crippen molar-refractivity contribution in [3.05, 3.63) is 0 Å². The number of carbonyl (C=O) groups excluding carboxylic acids is 2. The van der Waals surface area contributed by atoms with Gasteiger partial charge in [0.25, 0.3) is 0 Å². The molecule has 4 nitrogen and oxygen atoms in total. The van der Waals surface area contributed by atoms with Gasteiger partial charge in [0.15, 0.2) is 0 Å². The molecule has 1 amide bonds. The average Bonchev–Trinajstić information content (AvgIpc) is 2.40. The fraction of sp³-hybridized carbons (Fsp3) is 0.818. The van der Waals surface area contributed by atoms with Crippen LogP contribution in [0.1, 0.15) is 32.1 Å². The van der Waals surface area contributed by atoms with E-state index in [1.165, 1.54) is 7.11 Å². The summed E-state index contributed by atoms with van der Waals surface area (Å²) in [6.45, 7) is 0.810. The normalized spacial score (nSPS) is 22.4. The van der Waals surface area contributed by atoms with E-state index in [9.17, 15) is 9.59 Å². The molecule has 1 aliphatic rings. The Morgan fingerprint density at radius 2 is 2.27 bits per heavy atom. The summed E-state index contributed by atoms with van der Waals surface area (Å²) >= 11 is 0. The van der Waals surface area contributed by atoms with E-state index in [1.54, 1.807) is 4.90 Å². The van der Waals surface area contributed by atoms with Crippen molar-refractivity contribution in [3.63, 3.8) is 0 Å². The molecule has 1 atom stereocenters. The highest BCUT2D eigenvalue weighted by molar-refractivity contribution is 5.76. The van der Waals surface area contributed by atoms with Crippen LogP contribution in [0.3, 0.4) is 0 Å². The van der Waals surface area contributed by atoms with Gasteiger partial charge in [0, 0.05) is 26.4 Å². The third-order valence-electron chi connectivity index (χ3n) is 3.05. The van der Waals surface area contributed by atoms with Crippen molar-refractivity contribution in [2.45, 2.75) is 32.1 Å². The fourth-order valence-corrected chi connectivity index (χ4v) is 1.88. The number of ether oxygens (including phenoxy) is 1. The lowest BCUT2D eigenvalue weighted by molar-refractivity contribution is -0.141. The number of rotatable bonds is 3. The second-order valence-corrected chi connectivity index (χ2v) is 4.12. The quantitative estimate of drug-likeness (QED) is 0.662. The van der Waals surface area contributed by atoms with Crippen LogP contribution in [0.4, 0.5) is 0 Å². The van der Waals surface area contributed by atoms with Crippen molar-refractivity contribution >= 4 is 11.9 Å². The van der Waals surface area contributed by atoms with Crippen molar-refractivity contribution in [3.8, 4) is 0 Å². The van der Waals surface area contributed by atoms with Crippen LogP contribution in [-0.2, 0) is 14.3 Å². The van der Waals surface area contributed by atoms with Crippen LogP contribution < -0.4 is 0 Å². The molecule has 4 heteroatoms. The van der Waals surface area contributed by atoms with Crippen LogP contribution >= 0.6 is 0 Å². The van der Waals surface area contributed by atoms with Crippen molar-refractivity contribution in [2.75, 3.05) is 20.7 Å². The summed E-state index contributed by atoms with van der Waals surface area (Å²) in [4.78, 5) is 24.1. The third kappa shape index (κ3) is 3.90. The van der Waals surface area contributed by atoms with E-state index in [0.717, 1.165) is 25.8 Å². The topological polar surface area (TPSA) is 46.6 Å². The van der Waals surface area contributed by atoms with Gasteiger partial charge in [-0.15, -0.1) is 0 Å². The molecule has 1 rings (SSSR count). The molecule has 86 valence electrons. The molecule has 1 fully saturated rings. The molecule has 1 aliphatic heterocycles. The molecule has 0 aromatic carbocycles. The molecule has 0 bridgehead atoms. The first-order chi connectivity index (χ1) is 7.13. The van der Waals surface area contributed by atoms with Crippen molar-refractivity contribution in [1.82, 2.24) is 4.90 Å². The van der Waals surface area contributed by atoms with Crippen LogP contribution in [0.15, 0.2) is 0 Å². The molecule has 0 aromatic heterocycles. The number of hydrogen-bond acceptors (Lipinski definition) is 3. The molecule has 0 N–H and O–H groups in total. The van der Waals surface area contributed by atoms with Gasteiger partial charge >= 0.3 is 5.97 Å². The van der Waals surface area contributed by atoms with E-state index >= 15 is 0 Å². The number of carbonyl (C=O) groups is 2. The first-order valence-electron chi connectivity index (χ1n) is 5.44. The summed E-state index contributed by atoms with van der Waals surface area (Å²) in [7, 11) is 3.25. The van der Waals surface area contributed by atoms with Crippen LogP contribution in [-0.4, -0.2) is 37.5 Å². The average molecular weight is 213 g/mol. The molecule has 1 saturated heterocycles. The van der Waals surface area contributed by atoms with E-state index in [1.807, 2.05) is 7.05 Å². The Kier molecular flexibility index (Phi) is 4.59. The fourth-order valence-electron chi connectivity index (χ4n) is 1.88. The predicted molar refractivity (Wildman–Crippen MR) is 56.2 cm³/mol. The smallest absolute Gasteiger partial charge is 0.305 e. The van der Waals surface area contributed by atoms with Gasteiger partial charge in [0.2, 0.25) is 5.91 Å². The number of methoxy groups -OCH3 is 1. The first kappa shape index (κ1) is 12.0. The summed E-state index contributed by atoms with van der Waals surface area (Å²) in [5, 5.41) is 0. The third-order valence-corrected chi connectivity index (χ3v) is 3.05. The van der Waals surface area contributed by atoms with Crippen molar-refractivity contribution < 1.29 is 14.3 Å². The summed E-state index contributed by atoms with van der Waals surface area (Å²) in [6.07, 6.45) is 3.83. The largest absolute Gasteiger partial charge is 0.469 e. The minimum Gasteiger partial charge on any atom is -0.469 e. The molecular weight excluding hydrogens is 194 g/mol. The predicted octanol–water partition coefficient (Wildman–Crippen LogP) is 1.20. The second-order valence-electron chi connectivity index (χ2n) is 4.12. The van der Waals surface area contributed by atoms with Crippen LogP contribution in [0.25, 0.3) is 0 Å². The Labute approximate surface area is 90.6 Å². The summed E-state index contributed by atoms with van der Waals surface area (Å²) in [6, 6.07) is 0. The number of amides is 1. The minimum absolute atomic E-state index is 0.154. The minimum atomic E-state index is -0.154. The molecule has 0 unspecified atom stereocenters. The van der Waals surface area contributed by atoms with Crippen molar-refractivity contribution in [2.24, 2.45) is 5.92 Å². The van der Waals surface area contributed by atoms with E-state index < -0.39 is 0 Å². The highest BCUT2D eigenvalue weighted by Gasteiger charge is 2.20. The van der Waals surface area contributed by atoms with Gasteiger partial charge in [-0.25, -0.2) is 0 Å². The zero-order valence-electron chi connectivity index (χ0n) is 9.49. The Morgan fingerprint density at radius 1 is 1.53 bits per heavy atom. The van der Waals surface area contributed by atoms with Gasteiger partial charge in [-0.1, -0.05) is 0 Å². The van der Waals surface area contributed by atoms with E-state index in [4.69, 9.17) is 0 Å². The van der Waals surface area contributed by atoms with E-state index in [2.05, 4.69) is 4.74 Å². The monoisotopic (exact) mass is 213 g/mol. The molecule has 0 aliphatic carbocycles. The Morgan fingerprint density at radius 3 is 2.93 bits per heavy atom. The summed E-state index contributed by atoms with van der Waals surface area (Å²) in [5.74, 6) is 0.549. The molecule has 15 heavy (non-hydrogen) atoms. The molecular formula is C11H19NO3. The Hall–Kier alpha value is -1.06. The van der Waals surface area contributed by atoms with Gasteiger partial charge in [0.05, 0.1) is 7.11 Å². The zero-order chi connectivity index (χ0) is 11.3. The molecule has 0 saturated carbocycles. The highest BCUT2D eigenvalue weighted by atomic mass is 16.5. The molecule has 0 spiro atoms. The SMILES string of the molecule is COC(=O)CC[C@H]1CCC(=O)N(C)CC1. The van der Waals surface area contributed by atoms with Gasteiger partial charge < -0.3 is 9.64 Å². The number of nitrogens with zero attached hydrogens (tertiary/aromatic N) is 1. The van der Waals surface area contributed by atoms with Gasteiger partial charge in [-0.3, -0.25) is 9.59 Å². The van der Waals surface area contributed by atoms with Crippen LogP contribution in [0.5, 0.6) is 0 Å². The lowest BCUT2D eigenvalue weighted by Gasteiger charge is -2.14. The number of esters is 1. The zero-order valence-corrected chi connectivity index (χ0v) is 9.49. The maximum atomic E-state index is 11.4. The van der Waals surface area contributed by atoms with E-state index in [-0.39, 0.29) is 11.9 Å². The lowest BCUT2D eigenvalue weighted by Crippen LogP contribution is -2.25. The van der Waals surface area contributed by atoms with Gasteiger partial charge in [-0.2, -0.15) is 0 Å². The Balaban J connectivity index is 2.31. The van der Waals surface area contributed by atoms with Gasteiger partial charge in [0.1, 0.15) is 0 Å². The van der Waals surface area contributed by atoms with Crippen molar-refractivity contribution in [1.29, 1.82) is 0 Å². The standard InChI is InChI=1S/C11H19NO3/c1-12-8-7-9(3-5-10(12)13)4-6-11(14)15-2/h9H,3-8H2,1-2H3/t9-/m1/s1. The molecule has 1 heterocycles. The number of hydrogen-bond donors (Lipinski definition) is 0. The molecule has 0 radical (unpaired) electrons. The second kappa shape index (κ2) is 5.73. The van der Waals surface area contributed by atoms with Gasteiger partial charge in [-0.05, 0) is 25.2 Å². The number of likely N-dealkylation sites (tertiary alicyclic amines) is 1. The van der Waals surface area contributed by atoms with Crippen LogP contribution in [0, 0.1) is 5.92 Å². The molecule has 0 aromatic rings. The summed E-state index contributed by atoms with van der Waals surface area (Å²) in [5.41, 5.74) is 0. The lowest BCUT2D eigenvalue weighted by atomic mass is 9.95. The maximum Gasteiger partial charge on any atom is 0.305 e.